The van der Waals surface area contributed by atoms with Gasteiger partial charge in [0.1, 0.15) is 22.3 Å². The molecule has 8 nitrogen and oxygen atoms in total. The highest BCUT2D eigenvalue weighted by Crippen LogP contribution is 2.46. The minimum Gasteiger partial charge on any atom is -0.456 e. The number of anilines is 6. The highest BCUT2D eigenvalue weighted by Gasteiger charge is 2.23. The molecule has 0 saturated heterocycles. The molecule has 0 aliphatic heterocycles. The van der Waals surface area contributed by atoms with Crippen LogP contribution >= 0.6 is 0 Å². The number of hydrogen-bond donors (Lipinski definition) is 0. The zero-order chi connectivity index (χ0) is 82.0. The van der Waals surface area contributed by atoms with Gasteiger partial charge in [-0.3, -0.25) is 9.97 Å². The maximum atomic E-state index is 6.36. The summed E-state index contributed by atoms with van der Waals surface area (Å²) in [7, 11) is 0. The summed E-state index contributed by atoms with van der Waals surface area (Å²) in [6, 6.07) is 159. The van der Waals surface area contributed by atoms with Crippen molar-refractivity contribution < 1.29 is 8.83 Å². The number of rotatable bonds is 15. The number of para-hydroxylation sites is 7. The van der Waals surface area contributed by atoms with E-state index in [1.165, 1.54) is 54.5 Å². The smallest absolute Gasteiger partial charge is 0.136 e. The fraction of sp³-hybridized carbons (Fsp3) is 0. The van der Waals surface area contributed by atoms with Crippen LogP contribution in [0, 0.1) is 0 Å². The Bertz CT molecular complexity index is 8110. The first-order valence-corrected chi connectivity index (χ1v) is 42.0. The van der Waals surface area contributed by atoms with Crippen LogP contribution in [0.4, 0.5) is 34.1 Å². The number of benzene rings is 18. The Labute approximate surface area is 716 Å². The van der Waals surface area contributed by atoms with Gasteiger partial charge < -0.3 is 27.8 Å². The van der Waals surface area contributed by atoms with Crippen LogP contribution in [0.2, 0.25) is 0 Å². The summed E-state index contributed by atoms with van der Waals surface area (Å²) >= 11 is 0. The van der Waals surface area contributed by atoms with Crippen molar-refractivity contribution in [3.05, 3.63) is 461 Å². The van der Waals surface area contributed by atoms with Gasteiger partial charge in [-0.15, -0.1) is 0 Å². The second kappa shape index (κ2) is 30.9. The van der Waals surface area contributed by atoms with Crippen LogP contribution < -0.4 is 9.80 Å². The van der Waals surface area contributed by atoms with Crippen LogP contribution in [0.3, 0.4) is 0 Å². The first-order valence-electron chi connectivity index (χ1n) is 42.0. The molecule has 6 aromatic heterocycles. The van der Waals surface area contributed by atoms with Crippen molar-refractivity contribution in [2.45, 2.75) is 0 Å². The first-order chi connectivity index (χ1) is 61.4. The number of pyridine rings is 2. The van der Waals surface area contributed by atoms with E-state index in [1.54, 1.807) is 0 Å². The molecule has 0 fully saturated rings. The number of hydrogen-bond acceptors (Lipinski definition) is 6. The van der Waals surface area contributed by atoms with Crippen LogP contribution in [0.15, 0.2) is 470 Å². The maximum Gasteiger partial charge on any atom is 0.136 e. The van der Waals surface area contributed by atoms with Crippen molar-refractivity contribution in [2.75, 3.05) is 9.80 Å². The molecule has 582 valence electrons. The summed E-state index contributed by atoms with van der Waals surface area (Å²) in [5.41, 5.74) is 32.7. The zero-order valence-electron chi connectivity index (χ0n) is 67.4. The molecule has 0 unspecified atom stereocenters. The van der Waals surface area contributed by atoms with Crippen LogP contribution in [0.5, 0.6) is 0 Å². The monoisotopic (exact) mass is 1580 g/mol. The van der Waals surface area contributed by atoms with Crippen LogP contribution in [-0.2, 0) is 0 Å². The van der Waals surface area contributed by atoms with Crippen molar-refractivity contribution in [2.24, 2.45) is 0 Å². The molecule has 0 atom stereocenters. The van der Waals surface area contributed by atoms with Crippen molar-refractivity contribution >= 4 is 132 Å². The third-order valence-corrected chi connectivity index (χ3v) is 24.2. The standard InChI is InChI=1S/C69H45N3O.C47H31N3O/c1-3-13-46(14-4-1)47-24-31-58(32-25-47)71(57-15-5-2-6-16-57)60-35-28-49-39-50(22-23-51(49)43-60)54-40-55(52-30-37-69-64(44-52)63-18-8-10-21-68(63)73-69)42-56(41-54)53-29-36-62-61-17-7-9-20-66(61)72(67(62)45-53)59-33-26-48(27-34-59)65-19-11-12-38-70-65;1-3-11-36(12-4-1)49(37-13-5-2-6-14-37)39-28-34(27-35(29-39)33-20-22-43-42-16-8-10-18-46(42)51-47(43)31-33)32-19-21-41-40-15-7-9-17-44(40)50(45(41)30-32)38-23-25-48-26-24-38/h1-45H;1-31H. The van der Waals surface area contributed by atoms with Gasteiger partial charge >= 0.3 is 0 Å². The summed E-state index contributed by atoms with van der Waals surface area (Å²) in [6.45, 7) is 0. The Kier molecular flexibility index (Phi) is 18.1. The summed E-state index contributed by atoms with van der Waals surface area (Å²) in [5, 5.41) is 11.7. The molecular weight excluding hydrogens is 1510 g/mol. The van der Waals surface area contributed by atoms with Crippen molar-refractivity contribution in [3.63, 3.8) is 0 Å². The van der Waals surface area contributed by atoms with Crippen molar-refractivity contribution in [1.29, 1.82) is 0 Å². The van der Waals surface area contributed by atoms with Crippen molar-refractivity contribution in [1.82, 2.24) is 19.1 Å². The average Bonchev–Trinajstić information content (AvgIpc) is 1.59. The maximum absolute atomic E-state index is 6.36. The van der Waals surface area contributed by atoms with Crippen LogP contribution in [0.1, 0.15) is 0 Å². The number of furan rings is 2. The largest absolute Gasteiger partial charge is 0.456 e. The van der Waals surface area contributed by atoms with E-state index in [4.69, 9.17) is 8.83 Å². The molecule has 24 aromatic rings. The fourth-order valence-electron chi connectivity index (χ4n) is 18.3. The predicted octanol–water partition coefficient (Wildman–Crippen LogP) is 31.9. The third-order valence-electron chi connectivity index (χ3n) is 24.2. The molecule has 0 aliphatic carbocycles. The van der Waals surface area contributed by atoms with E-state index in [2.05, 4.69) is 435 Å². The molecule has 0 spiro atoms. The molecule has 0 saturated carbocycles. The van der Waals surface area contributed by atoms with Gasteiger partial charge in [-0.05, 0) is 278 Å². The molecule has 6 heterocycles. The lowest BCUT2D eigenvalue weighted by molar-refractivity contribution is 0.668. The second-order valence-electron chi connectivity index (χ2n) is 31.7. The topological polar surface area (TPSA) is 68.4 Å². The summed E-state index contributed by atoms with van der Waals surface area (Å²) in [6.07, 6.45) is 5.56. The second-order valence-corrected chi connectivity index (χ2v) is 31.7. The molecule has 0 N–H and O–H groups in total. The normalized spacial score (nSPS) is 11.5. The average molecular weight is 1590 g/mol. The molecule has 0 bridgehead atoms. The summed E-state index contributed by atoms with van der Waals surface area (Å²) in [5.74, 6) is 0. The lowest BCUT2D eigenvalue weighted by atomic mass is 9.91. The lowest BCUT2D eigenvalue weighted by Crippen LogP contribution is -2.10. The van der Waals surface area contributed by atoms with Gasteiger partial charge in [0, 0.05) is 113 Å². The predicted molar refractivity (Wildman–Crippen MR) is 517 cm³/mol. The number of nitrogens with zero attached hydrogens (tertiary/aromatic N) is 6. The van der Waals surface area contributed by atoms with Gasteiger partial charge in [0.2, 0.25) is 0 Å². The quantitative estimate of drug-likeness (QED) is 0.102. The van der Waals surface area contributed by atoms with Crippen LogP contribution in [-0.4, -0.2) is 19.1 Å². The molecule has 0 radical (unpaired) electrons. The third kappa shape index (κ3) is 13.3. The van der Waals surface area contributed by atoms with E-state index >= 15 is 0 Å². The Morgan fingerprint density at radius 2 is 0.565 bits per heavy atom. The molecule has 0 aliphatic rings. The molecule has 24 rings (SSSR count). The highest BCUT2D eigenvalue weighted by molar-refractivity contribution is 6.13. The van der Waals surface area contributed by atoms with E-state index in [-0.39, 0.29) is 0 Å². The minimum atomic E-state index is 0.881. The van der Waals surface area contributed by atoms with E-state index in [0.29, 0.717) is 0 Å². The summed E-state index contributed by atoms with van der Waals surface area (Å²) < 4.78 is 17.4. The van der Waals surface area contributed by atoms with Crippen molar-refractivity contribution in [3.8, 4) is 89.4 Å². The van der Waals surface area contributed by atoms with Gasteiger partial charge in [-0.2, -0.15) is 0 Å². The Hall–Kier alpha value is -16.7. The van der Waals surface area contributed by atoms with Gasteiger partial charge in [0.15, 0.2) is 0 Å². The zero-order valence-corrected chi connectivity index (χ0v) is 67.4. The Morgan fingerprint density at radius 3 is 1.15 bits per heavy atom. The summed E-state index contributed by atoms with van der Waals surface area (Å²) in [4.78, 5) is 13.6. The van der Waals surface area contributed by atoms with Gasteiger partial charge in [0.25, 0.3) is 0 Å². The number of aromatic nitrogens is 4. The lowest BCUT2D eigenvalue weighted by Gasteiger charge is -2.26. The SMILES string of the molecule is c1ccc(-c2ccc(N(c3ccccc3)c3ccc4cc(-c5cc(-c6ccc7oc8ccccc8c7c6)cc(-c6ccc7c8ccccc8n(-c8ccc(-c9ccccn9)cc8)c7c6)c5)ccc4c3)cc2)cc1.c1ccc(N(c2ccccc2)c2cc(-c3ccc4c(c3)oc3ccccc34)cc(-c3ccc4c5ccccc5n(-c5ccncc5)c4c3)c2)cc1. The first kappa shape index (κ1) is 72.5. The van der Waals surface area contributed by atoms with Gasteiger partial charge in [0.05, 0.1) is 27.8 Å². The molecule has 0 amide bonds. The Balaban J connectivity index is 0.000000153. The fourth-order valence-corrected chi connectivity index (χ4v) is 18.3. The van der Waals surface area contributed by atoms with E-state index < -0.39 is 0 Å². The van der Waals surface area contributed by atoms with Gasteiger partial charge in [-0.25, -0.2) is 0 Å². The molecule has 124 heavy (non-hydrogen) atoms. The number of fused-ring (bicyclic) bond motifs is 13. The molecule has 8 heteroatoms. The minimum absolute atomic E-state index is 0.881. The highest BCUT2D eigenvalue weighted by atomic mass is 16.3. The van der Waals surface area contributed by atoms with E-state index in [9.17, 15) is 0 Å². The van der Waals surface area contributed by atoms with E-state index in [0.717, 1.165) is 167 Å². The van der Waals surface area contributed by atoms with Gasteiger partial charge in [-0.1, -0.05) is 243 Å². The molecule has 18 aromatic carbocycles. The molecular formula is C116H76N6O2. The van der Waals surface area contributed by atoms with Crippen LogP contribution in [0.25, 0.3) is 188 Å². The van der Waals surface area contributed by atoms with E-state index in [1.807, 2.05) is 55.0 Å². The Morgan fingerprint density at radius 1 is 0.185 bits per heavy atom.